The van der Waals surface area contributed by atoms with Crippen LogP contribution in [0.2, 0.25) is 0 Å². The van der Waals surface area contributed by atoms with Crippen LogP contribution >= 0.6 is 11.3 Å². The summed E-state index contributed by atoms with van der Waals surface area (Å²) in [5.41, 5.74) is 9.01. The van der Waals surface area contributed by atoms with Gasteiger partial charge >= 0.3 is 0 Å². The van der Waals surface area contributed by atoms with Crippen molar-refractivity contribution in [3.8, 4) is 0 Å². The van der Waals surface area contributed by atoms with Crippen molar-refractivity contribution < 1.29 is 0 Å². The highest BCUT2D eigenvalue weighted by Gasteiger charge is 2.05. The predicted octanol–water partition coefficient (Wildman–Crippen LogP) is 2.92. The fraction of sp³-hybridized carbons (Fsp3) is 0.273. The monoisotopic (exact) mass is 219 g/mol. The highest BCUT2D eigenvalue weighted by atomic mass is 32.1. The van der Waals surface area contributed by atoms with E-state index in [1.54, 1.807) is 18.3 Å². The normalized spacial score (nSPS) is 12.3. The van der Waals surface area contributed by atoms with Crippen LogP contribution in [0.4, 0.5) is 5.13 Å². The standard InChI is InChI=1S/C11H13N3S/c1-6-4-7(2)10-9(5-6)15-11(14-10)13-8(3)12/h4-5H,1-3H3,(H2,12,13,14). The molecule has 1 heterocycles. The molecule has 0 radical (unpaired) electrons. The third-order valence-corrected chi connectivity index (χ3v) is 2.99. The molecule has 0 saturated carbocycles. The molecule has 0 fully saturated rings. The number of fused-ring (bicyclic) bond motifs is 1. The number of aliphatic imine (C=N–C) groups is 1. The molecule has 2 N–H and O–H groups in total. The summed E-state index contributed by atoms with van der Waals surface area (Å²) >= 11 is 1.58. The van der Waals surface area contributed by atoms with Gasteiger partial charge in [-0.1, -0.05) is 17.4 Å². The molecular formula is C11H13N3S. The molecule has 1 aromatic heterocycles. The van der Waals surface area contributed by atoms with Gasteiger partial charge in [0.1, 0.15) is 0 Å². The van der Waals surface area contributed by atoms with Gasteiger partial charge in [0.25, 0.3) is 0 Å². The van der Waals surface area contributed by atoms with Gasteiger partial charge < -0.3 is 5.73 Å². The van der Waals surface area contributed by atoms with Crippen LogP contribution in [0.5, 0.6) is 0 Å². The Bertz CT molecular complexity index is 536. The van der Waals surface area contributed by atoms with E-state index < -0.39 is 0 Å². The smallest absolute Gasteiger partial charge is 0.211 e. The van der Waals surface area contributed by atoms with Crippen LogP contribution in [0, 0.1) is 13.8 Å². The predicted molar refractivity (Wildman–Crippen MR) is 66.1 cm³/mol. The van der Waals surface area contributed by atoms with Crippen LogP contribution in [0.3, 0.4) is 0 Å². The van der Waals surface area contributed by atoms with Crippen molar-refractivity contribution in [2.45, 2.75) is 20.8 Å². The first-order valence-electron chi connectivity index (χ1n) is 4.75. The molecule has 0 saturated heterocycles. The topological polar surface area (TPSA) is 51.3 Å². The number of hydrogen-bond donors (Lipinski definition) is 1. The van der Waals surface area contributed by atoms with E-state index in [1.165, 1.54) is 15.8 Å². The molecule has 0 atom stereocenters. The molecule has 0 amide bonds. The van der Waals surface area contributed by atoms with E-state index in [0.717, 1.165) is 10.6 Å². The first-order chi connectivity index (χ1) is 7.06. The average molecular weight is 219 g/mol. The first-order valence-corrected chi connectivity index (χ1v) is 5.56. The largest absolute Gasteiger partial charge is 0.387 e. The molecule has 78 valence electrons. The van der Waals surface area contributed by atoms with Crippen molar-refractivity contribution in [1.29, 1.82) is 0 Å². The quantitative estimate of drug-likeness (QED) is 0.592. The molecule has 0 spiro atoms. The Hall–Kier alpha value is -1.42. The second kappa shape index (κ2) is 3.62. The van der Waals surface area contributed by atoms with Gasteiger partial charge in [0, 0.05) is 0 Å². The molecule has 15 heavy (non-hydrogen) atoms. The third-order valence-electron chi connectivity index (χ3n) is 2.09. The van der Waals surface area contributed by atoms with Crippen molar-refractivity contribution in [1.82, 2.24) is 4.98 Å². The Kier molecular flexibility index (Phi) is 2.44. The maximum atomic E-state index is 5.53. The molecule has 0 aliphatic heterocycles. The van der Waals surface area contributed by atoms with E-state index in [1.807, 2.05) is 0 Å². The number of nitrogens with zero attached hydrogens (tertiary/aromatic N) is 2. The van der Waals surface area contributed by atoms with Crippen molar-refractivity contribution in [2.24, 2.45) is 10.7 Å². The molecule has 0 aliphatic carbocycles. The van der Waals surface area contributed by atoms with Crippen molar-refractivity contribution in [2.75, 3.05) is 0 Å². The summed E-state index contributed by atoms with van der Waals surface area (Å²) in [6.07, 6.45) is 0. The molecule has 1 aromatic carbocycles. The Morgan fingerprint density at radius 2 is 2.13 bits per heavy atom. The molecule has 4 heteroatoms. The number of rotatable bonds is 1. The summed E-state index contributed by atoms with van der Waals surface area (Å²) in [4.78, 5) is 8.61. The Morgan fingerprint density at radius 1 is 1.40 bits per heavy atom. The minimum atomic E-state index is 0.545. The number of nitrogens with two attached hydrogens (primary N) is 1. The summed E-state index contributed by atoms with van der Waals surface area (Å²) in [6.45, 7) is 5.92. The third kappa shape index (κ3) is 1.99. The van der Waals surface area contributed by atoms with E-state index in [2.05, 4.69) is 36.0 Å². The summed E-state index contributed by atoms with van der Waals surface area (Å²) in [5.74, 6) is 0.545. The summed E-state index contributed by atoms with van der Waals surface area (Å²) in [7, 11) is 0. The van der Waals surface area contributed by atoms with Crippen molar-refractivity contribution >= 4 is 32.5 Å². The number of aromatic nitrogens is 1. The number of hydrogen-bond acceptors (Lipinski definition) is 3. The van der Waals surface area contributed by atoms with E-state index in [0.29, 0.717) is 5.84 Å². The zero-order valence-electron chi connectivity index (χ0n) is 9.03. The Morgan fingerprint density at radius 3 is 2.80 bits per heavy atom. The highest BCUT2D eigenvalue weighted by molar-refractivity contribution is 7.22. The lowest BCUT2D eigenvalue weighted by Crippen LogP contribution is -2.03. The van der Waals surface area contributed by atoms with E-state index in [4.69, 9.17) is 5.73 Å². The fourth-order valence-electron chi connectivity index (χ4n) is 1.56. The fourth-order valence-corrected chi connectivity index (χ4v) is 2.63. The number of thiazole rings is 1. The van der Waals surface area contributed by atoms with Gasteiger partial charge in [0.2, 0.25) is 5.13 Å². The maximum absolute atomic E-state index is 5.53. The summed E-state index contributed by atoms with van der Waals surface area (Å²) < 4.78 is 1.17. The molecule has 2 aromatic rings. The van der Waals surface area contributed by atoms with Gasteiger partial charge in [-0.05, 0) is 38.0 Å². The summed E-state index contributed by atoms with van der Waals surface area (Å²) in [5, 5.41) is 0.735. The SMILES string of the molecule is C/C(N)=N/c1nc2c(C)cc(C)cc2s1. The second-order valence-corrected chi connectivity index (χ2v) is 4.69. The molecule has 2 rings (SSSR count). The zero-order chi connectivity index (χ0) is 11.0. The van der Waals surface area contributed by atoms with E-state index in [-0.39, 0.29) is 0 Å². The van der Waals surface area contributed by atoms with Crippen molar-refractivity contribution in [3.63, 3.8) is 0 Å². The van der Waals surface area contributed by atoms with Crippen molar-refractivity contribution in [3.05, 3.63) is 23.3 Å². The maximum Gasteiger partial charge on any atom is 0.211 e. The van der Waals surface area contributed by atoms with E-state index in [9.17, 15) is 0 Å². The van der Waals surface area contributed by atoms with Gasteiger partial charge in [-0.25, -0.2) is 9.98 Å². The molecule has 0 bridgehead atoms. The lowest BCUT2D eigenvalue weighted by atomic mass is 10.1. The number of benzene rings is 1. The van der Waals surface area contributed by atoms with Crippen LogP contribution in [0.1, 0.15) is 18.1 Å². The summed E-state index contributed by atoms with van der Waals surface area (Å²) in [6, 6.07) is 4.26. The number of aryl methyl sites for hydroxylation is 2. The highest BCUT2D eigenvalue weighted by Crippen LogP contribution is 2.30. The number of amidine groups is 1. The zero-order valence-corrected chi connectivity index (χ0v) is 9.85. The second-order valence-electron chi connectivity index (χ2n) is 3.68. The molecule has 0 unspecified atom stereocenters. The van der Waals surface area contributed by atoms with Gasteiger partial charge in [0.15, 0.2) is 0 Å². The van der Waals surface area contributed by atoms with Gasteiger partial charge in [-0.15, -0.1) is 0 Å². The van der Waals surface area contributed by atoms with Gasteiger partial charge in [-0.2, -0.15) is 0 Å². The van der Waals surface area contributed by atoms with Crippen LogP contribution in [-0.2, 0) is 0 Å². The molecule has 0 aliphatic rings. The average Bonchev–Trinajstić information content (AvgIpc) is 2.45. The molecule has 3 nitrogen and oxygen atoms in total. The first kappa shape index (κ1) is 10.1. The minimum Gasteiger partial charge on any atom is -0.387 e. The van der Waals surface area contributed by atoms with Crippen LogP contribution in [-0.4, -0.2) is 10.8 Å². The van der Waals surface area contributed by atoms with Gasteiger partial charge in [0.05, 0.1) is 16.1 Å². The Labute approximate surface area is 92.7 Å². The lowest BCUT2D eigenvalue weighted by Gasteiger charge is -1.95. The minimum absolute atomic E-state index is 0.545. The Balaban J connectivity index is 2.65. The lowest BCUT2D eigenvalue weighted by molar-refractivity contribution is 1.34. The van der Waals surface area contributed by atoms with Gasteiger partial charge in [-0.3, -0.25) is 0 Å². The van der Waals surface area contributed by atoms with E-state index >= 15 is 0 Å². The van der Waals surface area contributed by atoms with Crippen LogP contribution in [0.25, 0.3) is 10.2 Å². The van der Waals surface area contributed by atoms with Crippen LogP contribution < -0.4 is 5.73 Å². The van der Waals surface area contributed by atoms with Crippen LogP contribution in [0.15, 0.2) is 17.1 Å². The molecular weight excluding hydrogens is 206 g/mol.